The van der Waals surface area contributed by atoms with Gasteiger partial charge in [0.1, 0.15) is 12.4 Å². The number of hydrogen-bond acceptors (Lipinski definition) is 3. The number of benzene rings is 1. The summed E-state index contributed by atoms with van der Waals surface area (Å²) in [4.78, 5) is 4.08. The van der Waals surface area contributed by atoms with Gasteiger partial charge in [0.2, 0.25) is 0 Å². The van der Waals surface area contributed by atoms with Crippen LogP contribution in [0.5, 0.6) is 5.75 Å². The highest BCUT2D eigenvalue weighted by Crippen LogP contribution is 2.18. The molecule has 0 spiro atoms. The van der Waals surface area contributed by atoms with Crippen molar-refractivity contribution in [3.05, 3.63) is 58.3 Å². The van der Waals surface area contributed by atoms with Crippen LogP contribution in [0.15, 0.2) is 47.2 Å². The van der Waals surface area contributed by atoms with E-state index >= 15 is 0 Å². The molecule has 2 rings (SSSR count). The average molecular weight is 321 g/mol. The summed E-state index contributed by atoms with van der Waals surface area (Å²) < 4.78 is 6.70. The predicted molar refractivity (Wildman–Crippen MR) is 80.1 cm³/mol. The third-order valence-corrected chi connectivity index (χ3v) is 3.19. The minimum Gasteiger partial charge on any atom is -0.487 e. The summed E-state index contributed by atoms with van der Waals surface area (Å²) in [6.45, 7) is 4.49. The molecule has 0 radical (unpaired) electrons. The van der Waals surface area contributed by atoms with E-state index in [2.05, 4.69) is 51.4 Å². The second kappa shape index (κ2) is 7.26. The van der Waals surface area contributed by atoms with Gasteiger partial charge in [-0.2, -0.15) is 0 Å². The Labute approximate surface area is 122 Å². The van der Waals surface area contributed by atoms with Crippen molar-refractivity contribution in [1.29, 1.82) is 0 Å². The number of rotatable bonds is 6. The van der Waals surface area contributed by atoms with E-state index in [0.717, 1.165) is 23.3 Å². The van der Waals surface area contributed by atoms with Crippen molar-refractivity contribution >= 4 is 15.9 Å². The van der Waals surface area contributed by atoms with Gasteiger partial charge in [-0.3, -0.25) is 4.98 Å². The number of pyridine rings is 1. The maximum absolute atomic E-state index is 5.77. The molecule has 3 nitrogen and oxygen atoms in total. The molecular weight excluding hydrogens is 304 g/mol. The largest absolute Gasteiger partial charge is 0.487 e. The third-order valence-electron chi connectivity index (χ3n) is 2.76. The predicted octanol–water partition coefficient (Wildman–Crippen LogP) is 3.53. The molecule has 1 heterocycles. The molecule has 0 saturated heterocycles. The van der Waals surface area contributed by atoms with Gasteiger partial charge in [0, 0.05) is 17.2 Å². The Hall–Kier alpha value is -1.39. The highest BCUT2D eigenvalue weighted by atomic mass is 79.9. The zero-order valence-corrected chi connectivity index (χ0v) is 12.5. The van der Waals surface area contributed by atoms with Crippen LogP contribution in [-0.4, -0.2) is 11.5 Å². The van der Waals surface area contributed by atoms with Crippen molar-refractivity contribution in [3.63, 3.8) is 0 Å². The number of nitrogens with one attached hydrogen (secondary N) is 1. The van der Waals surface area contributed by atoms with E-state index in [1.165, 1.54) is 11.1 Å². The minimum absolute atomic E-state index is 0.555. The Morgan fingerprint density at radius 3 is 2.74 bits per heavy atom. The van der Waals surface area contributed by atoms with Crippen LogP contribution in [0, 0.1) is 0 Å². The first-order valence-corrected chi connectivity index (χ1v) is 7.09. The van der Waals surface area contributed by atoms with Crippen molar-refractivity contribution in [1.82, 2.24) is 10.3 Å². The zero-order chi connectivity index (χ0) is 13.5. The zero-order valence-electron chi connectivity index (χ0n) is 10.9. The van der Waals surface area contributed by atoms with Crippen LogP contribution in [0.2, 0.25) is 0 Å². The lowest BCUT2D eigenvalue weighted by Crippen LogP contribution is -2.13. The van der Waals surface area contributed by atoms with E-state index in [1.54, 1.807) is 12.4 Å². The summed E-state index contributed by atoms with van der Waals surface area (Å²) in [6, 6.07) is 10.2. The van der Waals surface area contributed by atoms with E-state index in [4.69, 9.17) is 4.74 Å². The van der Waals surface area contributed by atoms with E-state index in [9.17, 15) is 0 Å². The molecule has 0 amide bonds. The van der Waals surface area contributed by atoms with Crippen molar-refractivity contribution in [2.24, 2.45) is 0 Å². The van der Waals surface area contributed by atoms with Gasteiger partial charge >= 0.3 is 0 Å². The van der Waals surface area contributed by atoms with Gasteiger partial charge in [-0.15, -0.1) is 0 Å². The molecule has 2 aromatic rings. The lowest BCUT2D eigenvalue weighted by molar-refractivity contribution is 0.303. The molecule has 0 aliphatic carbocycles. The minimum atomic E-state index is 0.555. The topological polar surface area (TPSA) is 34.1 Å². The molecule has 0 fully saturated rings. The molecule has 1 N–H and O–H groups in total. The van der Waals surface area contributed by atoms with E-state index in [-0.39, 0.29) is 0 Å². The summed E-state index contributed by atoms with van der Waals surface area (Å²) in [5.74, 6) is 0.771. The van der Waals surface area contributed by atoms with Crippen molar-refractivity contribution in [2.75, 3.05) is 6.54 Å². The van der Waals surface area contributed by atoms with Crippen LogP contribution in [0.25, 0.3) is 0 Å². The fourth-order valence-electron chi connectivity index (χ4n) is 1.76. The maximum atomic E-state index is 5.77. The first kappa shape index (κ1) is 14.0. The molecule has 0 aliphatic heterocycles. The van der Waals surface area contributed by atoms with Gasteiger partial charge in [0.05, 0.1) is 6.20 Å². The quantitative estimate of drug-likeness (QED) is 0.884. The molecule has 0 atom stereocenters. The summed E-state index contributed by atoms with van der Waals surface area (Å²) in [7, 11) is 0. The monoisotopic (exact) mass is 320 g/mol. The fourth-order valence-corrected chi connectivity index (χ4v) is 2.11. The smallest absolute Gasteiger partial charge is 0.139 e. The van der Waals surface area contributed by atoms with Gasteiger partial charge in [0.15, 0.2) is 0 Å². The second-order valence-electron chi connectivity index (χ2n) is 4.18. The highest BCUT2D eigenvalue weighted by Gasteiger charge is 2.03. The van der Waals surface area contributed by atoms with Crippen molar-refractivity contribution in [3.8, 4) is 5.75 Å². The maximum Gasteiger partial charge on any atom is 0.139 e. The Morgan fingerprint density at radius 1 is 1.21 bits per heavy atom. The molecule has 100 valence electrons. The Kier molecular flexibility index (Phi) is 5.36. The molecule has 4 heteroatoms. The van der Waals surface area contributed by atoms with E-state index in [1.807, 2.05) is 12.1 Å². The second-order valence-corrected chi connectivity index (χ2v) is 5.09. The molecule has 0 saturated carbocycles. The first-order chi connectivity index (χ1) is 9.29. The SMILES string of the molecule is CCNCc1ccccc1COc1cncc(Br)c1. The fraction of sp³-hybridized carbons (Fsp3) is 0.267. The molecule has 19 heavy (non-hydrogen) atoms. The van der Waals surface area contributed by atoms with Crippen LogP contribution in [0.1, 0.15) is 18.1 Å². The Balaban J connectivity index is 2.02. The van der Waals surface area contributed by atoms with Gasteiger partial charge in [-0.25, -0.2) is 0 Å². The summed E-state index contributed by atoms with van der Waals surface area (Å²) >= 11 is 3.38. The summed E-state index contributed by atoms with van der Waals surface area (Å²) in [5, 5.41) is 3.34. The summed E-state index contributed by atoms with van der Waals surface area (Å²) in [5.41, 5.74) is 2.47. The molecule has 1 aromatic heterocycles. The lowest BCUT2D eigenvalue weighted by atomic mass is 10.1. The van der Waals surface area contributed by atoms with Crippen LogP contribution in [0.3, 0.4) is 0 Å². The number of hydrogen-bond donors (Lipinski definition) is 1. The van der Waals surface area contributed by atoms with Gasteiger partial charge in [0.25, 0.3) is 0 Å². The van der Waals surface area contributed by atoms with E-state index in [0.29, 0.717) is 6.61 Å². The van der Waals surface area contributed by atoms with Gasteiger partial charge in [-0.05, 0) is 39.7 Å². The molecule has 0 aliphatic rings. The Bertz CT molecular complexity index is 531. The van der Waals surface area contributed by atoms with Crippen LogP contribution >= 0.6 is 15.9 Å². The first-order valence-electron chi connectivity index (χ1n) is 6.30. The lowest BCUT2D eigenvalue weighted by Gasteiger charge is -2.11. The molecular formula is C15H17BrN2O. The van der Waals surface area contributed by atoms with Crippen LogP contribution < -0.4 is 10.1 Å². The van der Waals surface area contributed by atoms with Crippen LogP contribution in [0.4, 0.5) is 0 Å². The number of ether oxygens (including phenoxy) is 1. The molecule has 0 bridgehead atoms. The van der Waals surface area contributed by atoms with Gasteiger partial charge < -0.3 is 10.1 Å². The Morgan fingerprint density at radius 2 is 2.00 bits per heavy atom. The molecule has 0 unspecified atom stereocenters. The standard InChI is InChI=1S/C15H17BrN2O/c1-2-17-8-12-5-3-4-6-13(12)11-19-15-7-14(16)9-18-10-15/h3-7,9-10,17H,2,8,11H2,1H3. The normalized spacial score (nSPS) is 10.4. The number of aromatic nitrogens is 1. The molecule has 1 aromatic carbocycles. The van der Waals surface area contributed by atoms with Crippen molar-refractivity contribution < 1.29 is 4.74 Å². The van der Waals surface area contributed by atoms with Crippen molar-refractivity contribution in [2.45, 2.75) is 20.1 Å². The summed E-state index contributed by atoms with van der Waals surface area (Å²) in [6.07, 6.45) is 3.46. The number of halogens is 1. The van der Waals surface area contributed by atoms with Gasteiger partial charge in [-0.1, -0.05) is 31.2 Å². The van der Waals surface area contributed by atoms with E-state index < -0.39 is 0 Å². The third kappa shape index (κ3) is 4.33. The average Bonchev–Trinajstić information content (AvgIpc) is 2.44. The number of nitrogens with zero attached hydrogens (tertiary/aromatic N) is 1. The highest BCUT2D eigenvalue weighted by molar-refractivity contribution is 9.10. The van der Waals surface area contributed by atoms with Crippen LogP contribution in [-0.2, 0) is 13.2 Å².